The predicted molar refractivity (Wildman–Crippen MR) is 142 cm³/mol. The van der Waals surface area contributed by atoms with E-state index < -0.39 is 6.04 Å². The molecule has 1 unspecified atom stereocenters. The minimum absolute atomic E-state index is 0.0546. The van der Waals surface area contributed by atoms with Gasteiger partial charge in [0.2, 0.25) is 11.7 Å². The molecule has 0 radical (unpaired) electrons. The van der Waals surface area contributed by atoms with Gasteiger partial charge in [0.25, 0.3) is 0 Å². The van der Waals surface area contributed by atoms with Crippen molar-refractivity contribution in [3.63, 3.8) is 0 Å². The Balaban J connectivity index is 1.51. The average Bonchev–Trinajstić information content (AvgIpc) is 3.50. The highest BCUT2D eigenvalue weighted by molar-refractivity contribution is 6.07. The van der Waals surface area contributed by atoms with Gasteiger partial charge in [-0.25, -0.2) is 4.39 Å². The summed E-state index contributed by atoms with van der Waals surface area (Å²) < 4.78 is 30.5. The van der Waals surface area contributed by atoms with Gasteiger partial charge in [0, 0.05) is 6.04 Å². The molecule has 198 valence electrons. The highest BCUT2D eigenvalue weighted by Crippen LogP contribution is 2.44. The number of rotatable bonds is 10. The van der Waals surface area contributed by atoms with E-state index >= 15 is 0 Å². The van der Waals surface area contributed by atoms with Gasteiger partial charge in [-0.3, -0.25) is 10.1 Å². The molecule has 1 aromatic heterocycles. The summed E-state index contributed by atoms with van der Waals surface area (Å²) in [5.41, 5.74) is 5.07. The quantitative estimate of drug-likeness (QED) is 0.350. The molecular weight excluding hydrogens is 487 g/mol. The summed E-state index contributed by atoms with van der Waals surface area (Å²) in [5.74, 6) is 0.702. The highest BCUT2D eigenvalue weighted by atomic mass is 19.1. The molecule has 8 heteroatoms. The van der Waals surface area contributed by atoms with E-state index in [2.05, 4.69) is 16.7 Å². The second kappa shape index (κ2) is 10.8. The normalized spacial score (nSPS) is 16.5. The SMILES string of the molecule is COc1cc(C/C=C2/C(C)=C(C(NC3CC3)C(=O)NCc3ccco3)c3cc(F)ccc32)cc(OC)c1O. The fraction of sp³-hybridized carbons (Fsp3) is 0.300. The van der Waals surface area contributed by atoms with Crippen molar-refractivity contribution in [2.75, 3.05) is 14.2 Å². The number of ether oxygens (including phenoxy) is 2. The standard InChI is InChI=1S/C30H31FN2O5/c1-17-22(10-6-18-13-25(36-2)29(34)26(14-18)37-3)23-11-7-19(31)15-24(23)27(17)28(33-20-8-9-20)30(35)32-16-21-5-4-12-38-21/h4-5,7,10-15,20,28,33-34H,6,8-9,16H2,1-3H3,(H,32,35)/b22-10-. The molecule has 0 saturated heterocycles. The maximum atomic E-state index is 14.5. The molecule has 0 aliphatic heterocycles. The Morgan fingerprint density at radius 2 is 1.89 bits per heavy atom. The number of carbonyl (C=O) groups is 1. The van der Waals surface area contributed by atoms with E-state index in [1.807, 2.05) is 13.0 Å². The van der Waals surface area contributed by atoms with Crippen LogP contribution in [-0.2, 0) is 17.8 Å². The van der Waals surface area contributed by atoms with Crippen molar-refractivity contribution in [3.8, 4) is 17.2 Å². The molecule has 3 aromatic rings. The summed E-state index contributed by atoms with van der Waals surface area (Å²) in [7, 11) is 2.98. The Bertz CT molecular complexity index is 1380. The van der Waals surface area contributed by atoms with Gasteiger partial charge in [-0.1, -0.05) is 12.1 Å². The molecule has 2 aliphatic carbocycles. The number of phenolic OH excluding ortho intramolecular Hbond substituents is 1. The second-order valence-corrected chi connectivity index (χ2v) is 9.57. The summed E-state index contributed by atoms with van der Waals surface area (Å²) >= 11 is 0. The number of hydrogen-bond acceptors (Lipinski definition) is 6. The van der Waals surface area contributed by atoms with Crippen molar-refractivity contribution in [2.24, 2.45) is 0 Å². The summed E-state index contributed by atoms with van der Waals surface area (Å²) in [4.78, 5) is 13.5. The molecule has 1 heterocycles. The number of carbonyl (C=O) groups excluding carboxylic acids is 1. The Morgan fingerprint density at radius 3 is 2.53 bits per heavy atom. The van der Waals surface area contributed by atoms with Crippen molar-refractivity contribution >= 4 is 17.1 Å². The van der Waals surface area contributed by atoms with Crippen LogP contribution in [0.2, 0.25) is 0 Å². The fourth-order valence-electron chi connectivity index (χ4n) is 4.91. The first-order chi connectivity index (χ1) is 18.4. The third kappa shape index (κ3) is 5.17. The van der Waals surface area contributed by atoms with Crippen LogP contribution >= 0.6 is 0 Å². The van der Waals surface area contributed by atoms with Gasteiger partial charge >= 0.3 is 0 Å². The monoisotopic (exact) mass is 518 g/mol. The fourth-order valence-corrected chi connectivity index (χ4v) is 4.91. The molecule has 2 aliphatic rings. The molecule has 5 rings (SSSR count). The molecule has 0 spiro atoms. The van der Waals surface area contributed by atoms with Crippen molar-refractivity contribution in [1.29, 1.82) is 0 Å². The van der Waals surface area contributed by atoms with E-state index in [4.69, 9.17) is 13.9 Å². The molecule has 3 N–H and O–H groups in total. The minimum Gasteiger partial charge on any atom is -0.502 e. The number of furan rings is 1. The Morgan fingerprint density at radius 1 is 1.16 bits per heavy atom. The van der Waals surface area contributed by atoms with Crippen LogP contribution in [-0.4, -0.2) is 37.3 Å². The van der Waals surface area contributed by atoms with Crippen LogP contribution in [0.25, 0.3) is 11.1 Å². The molecule has 1 atom stereocenters. The van der Waals surface area contributed by atoms with Crippen molar-refractivity contribution in [1.82, 2.24) is 10.6 Å². The summed E-state index contributed by atoms with van der Waals surface area (Å²) in [6.45, 7) is 2.24. The third-order valence-corrected chi connectivity index (χ3v) is 7.00. The lowest BCUT2D eigenvalue weighted by atomic mass is 9.97. The van der Waals surface area contributed by atoms with Gasteiger partial charge in [0.05, 0.1) is 27.0 Å². The number of hydrogen-bond donors (Lipinski definition) is 3. The van der Waals surface area contributed by atoms with Gasteiger partial charge in [-0.05, 0) is 96.0 Å². The zero-order chi connectivity index (χ0) is 26.8. The first-order valence-electron chi connectivity index (χ1n) is 12.6. The van der Waals surface area contributed by atoms with Crippen LogP contribution in [0.1, 0.15) is 42.2 Å². The van der Waals surface area contributed by atoms with Gasteiger partial charge in [-0.15, -0.1) is 0 Å². The number of nitrogens with one attached hydrogen (secondary N) is 2. The second-order valence-electron chi connectivity index (χ2n) is 9.57. The Labute approximate surface area is 221 Å². The average molecular weight is 519 g/mol. The molecule has 38 heavy (non-hydrogen) atoms. The minimum atomic E-state index is -0.641. The van der Waals surface area contributed by atoms with Gasteiger partial charge in [0.15, 0.2) is 11.5 Å². The lowest BCUT2D eigenvalue weighted by Crippen LogP contribution is -2.45. The lowest BCUT2D eigenvalue weighted by Gasteiger charge is -2.21. The molecule has 1 fully saturated rings. The number of methoxy groups -OCH3 is 2. The van der Waals surface area contributed by atoms with Crippen LogP contribution in [0.5, 0.6) is 17.2 Å². The van der Waals surface area contributed by atoms with Crippen LogP contribution in [0, 0.1) is 5.82 Å². The number of fused-ring (bicyclic) bond motifs is 1. The van der Waals surface area contributed by atoms with Gasteiger partial charge in [-0.2, -0.15) is 0 Å². The zero-order valence-corrected chi connectivity index (χ0v) is 21.6. The van der Waals surface area contributed by atoms with Crippen LogP contribution in [0.3, 0.4) is 0 Å². The van der Waals surface area contributed by atoms with Crippen LogP contribution in [0.4, 0.5) is 4.39 Å². The Kier molecular flexibility index (Phi) is 7.24. The summed E-state index contributed by atoms with van der Waals surface area (Å²) in [5, 5.41) is 16.7. The molecule has 0 bridgehead atoms. The van der Waals surface area contributed by atoms with Crippen molar-refractivity contribution < 1.29 is 28.2 Å². The lowest BCUT2D eigenvalue weighted by molar-refractivity contribution is -0.122. The smallest absolute Gasteiger partial charge is 0.242 e. The molecule has 1 saturated carbocycles. The summed E-state index contributed by atoms with van der Waals surface area (Å²) in [6.07, 6.45) is 6.13. The maximum Gasteiger partial charge on any atom is 0.242 e. The molecule has 2 aromatic carbocycles. The van der Waals surface area contributed by atoms with E-state index in [1.54, 1.807) is 30.5 Å². The number of allylic oxidation sites excluding steroid dienone is 3. The third-order valence-electron chi connectivity index (χ3n) is 7.00. The predicted octanol–water partition coefficient (Wildman–Crippen LogP) is 4.99. The summed E-state index contributed by atoms with van der Waals surface area (Å²) in [6, 6.07) is 11.4. The number of benzene rings is 2. The molecule has 1 amide bonds. The zero-order valence-electron chi connectivity index (χ0n) is 21.6. The number of phenols is 1. The molecular formula is C30H31FN2O5. The van der Waals surface area contributed by atoms with Gasteiger partial charge in [0.1, 0.15) is 17.6 Å². The highest BCUT2D eigenvalue weighted by Gasteiger charge is 2.36. The topological polar surface area (TPSA) is 93.0 Å². The van der Waals surface area contributed by atoms with E-state index in [-0.39, 0.29) is 30.1 Å². The van der Waals surface area contributed by atoms with Crippen LogP contribution in [0.15, 0.2) is 64.8 Å². The van der Waals surface area contributed by atoms with Crippen molar-refractivity contribution in [2.45, 2.75) is 44.8 Å². The molecule has 7 nitrogen and oxygen atoms in total. The largest absolute Gasteiger partial charge is 0.502 e. The van der Waals surface area contributed by atoms with E-state index in [9.17, 15) is 14.3 Å². The van der Waals surface area contributed by atoms with E-state index in [0.717, 1.165) is 40.7 Å². The van der Waals surface area contributed by atoms with Crippen molar-refractivity contribution in [3.05, 3.63) is 88.6 Å². The number of aromatic hydroxyl groups is 1. The van der Waals surface area contributed by atoms with Gasteiger partial charge < -0.3 is 24.3 Å². The first-order valence-corrected chi connectivity index (χ1v) is 12.6. The first kappa shape index (κ1) is 25.6. The maximum absolute atomic E-state index is 14.5. The van der Waals surface area contributed by atoms with Crippen LogP contribution < -0.4 is 20.1 Å². The number of amides is 1. The Hall–Kier alpha value is -4.04. The van der Waals surface area contributed by atoms with E-state index in [1.165, 1.54) is 26.4 Å². The number of halogens is 1. The van der Waals surface area contributed by atoms with E-state index in [0.29, 0.717) is 29.2 Å².